The standard InChI is InChI=1S/C17H20N4O2/c1-2-21-16(22)9-14-11-20(7-6-15(14)19-21)10-12-4-3-5-13(8-12)17(18)23/h3-5,8-9H,2,6-7,10-11H2,1H3,(H2,18,23). The highest BCUT2D eigenvalue weighted by molar-refractivity contribution is 5.92. The molecule has 23 heavy (non-hydrogen) atoms. The number of carbonyl (C=O) groups excluding carboxylic acids is 1. The second kappa shape index (κ2) is 6.34. The van der Waals surface area contributed by atoms with Crippen LogP contribution in [0.3, 0.4) is 0 Å². The van der Waals surface area contributed by atoms with Gasteiger partial charge in [0.1, 0.15) is 0 Å². The van der Waals surface area contributed by atoms with Crippen LogP contribution in [0.4, 0.5) is 0 Å². The first-order chi connectivity index (χ1) is 11.1. The third-order valence-corrected chi connectivity index (χ3v) is 4.14. The van der Waals surface area contributed by atoms with Gasteiger partial charge >= 0.3 is 0 Å². The Labute approximate surface area is 134 Å². The summed E-state index contributed by atoms with van der Waals surface area (Å²) in [4.78, 5) is 25.5. The van der Waals surface area contributed by atoms with E-state index in [1.165, 1.54) is 4.68 Å². The van der Waals surface area contributed by atoms with Crippen molar-refractivity contribution in [2.45, 2.75) is 33.0 Å². The van der Waals surface area contributed by atoms with Crippen LogP contribution in [0, 0.1) is 0 Å². The van der Waals surface area contributed by atoms with Gasteiger partial charge in [-0.25, -0.2) is 4.68 Å². The molecule has 2 heterocycles. The second-order valence-electron chi connectivity index (χ2n) is 5.80. The number of fused-ring (bicyclic) bond motifs is 1. The van der Waals surface area contributed by atoms with Crippen molar-refractivity contribution in [1.82, 2.24) is 14.7 Å². The van der Waals surface area contributed by atoms with E-state index in [9.17, 15) is 9.59 Å². The van der Waals surface area contributed by atoms with Gasteiger partial charge in [0.05, 0.1) is 5.69 Å². The van der Waals surface area contributed by atoms with Crippen LogP contribution < -0.4 is 11.3 Å². The number of hydrogen-bond donors (Lipinski definition) is 1. The second-order valence-corrected chi connectivity index (χ2v) is 5.80. The molecule has 0 atom stereocenters. The number of primary amides is 1. The molecule has 0 fully saturated rings. The number of hydrogen-bond acceptors (Lipinski definition) is 4. The van der Waals surface area contributed by atoms with Crippen LogP contribution in [-0.2, 0) is 26.1 Å². The number of amides is 1. The largest absolute Gasteiger partial charge is 0.366 e. The van der Waals surface area contributed by atoms with Gasteiger partial charge in [-0.3, -0.25) is 14.5 Å². The zero-order chi connectivity index (χ0) is 16.4. The van der Waals surface area contributed by atoms with Crippen molar-refractivity contribution in [2.75, 3.05) is 6.54 Å². The first-order valence-electron chi connectivity index (χ1n) is 7.78. The average molecular weight is 312 g/mol. The lowest BCUT2D eigenvalue weighted by atomic mass is 10.0. The minimum absolute atomic E-state index is 0.0520. The lowest BCUT2D eigenvalue weighted by molar-refractivity contribution is 0.1000. The van der Waals surface area contributed by atoms with Crippen LogP contribution in [0.5, 0.6) is 0 Å². The number of aromatic nitrogens is 2. The fourth-order valence-electron chi connectivity index (χ4n) is 2.94. The number of nitrogens with zero attached hydrogens (tertiary/aromatic N) is 3. The summed E-state index contributed by atoms with van der Waals surface area (Å²) in [6.07, 6.45) is 0.825. The molecule has 1 aliphatic heterocycles. The molecular weight excluding hydrogens is 292 g/mol. The Morgan fingerprint density at radius 2 is 2.17 bits per heavy atom. The minimum atomic E-state index is -0.417. The summed E-state index contributed by atoms with van der Waals surface area (Å²) in [7, 11) is 0. The topological polar surface area (TPSA) is 81.2 Å². The van der Waals surface area contributed by atoms with Crippen LogP contribution in [0.15, 0.2) is 35.1 Å². The van der Waals surface area contributed by atoms with E-state index in [1.54, 1.807) is 12.1 Å². The van der Waals surface area contributed by atoms with Gasteiger partial charge in [-0.15, -0.1) is 0 Å². The first kappa shape index (κ1) is 15.4. The Bertz CT molecular complexity index is 797. The number of nitrogens with two attached hydrogens (primary N) is 1. The van der Waals surface area contributed by atoms with Crippen molar-refractivity contribution in [2.24, 2.45) is 5.73 Å². The molecule has 1 aromatic carbocycles. The van der Waals surface area contributed by atoms with Crippen molar-refractivity contribution in [3.63, 3.8) is 0 Å². The maximum atomic E-state index is 11.9. The van der Waals surface area contributed by atoms with Gasteiger partial charge in [-0.1, -0.05) is 12.1 Å². The summed E-state index contributed by atoms with van der Waals surface area (Å²) in [5.74, 6) is -0.417. The quantitative estimate of drug-likeness (QED) is 0.910. The fraction of sp³-hybridized carbons (Fsp3) is 0.353. The van der Waals surface area contributed by atoms with Gasteiger partial charge in [0, 0.05) is 44.2 Å². The van der Waals surface area contributed by atoms with E-state index in [4.69, 9.17) is 5.73 Å². The SMILES string of the molecule is CCn1nc2c(cc1=O)CN(Cc1cccc(C(N)=O)c1)CC2. The number of benzene rings is 1. The maximum absolute atomic E-state index is 11.9. The molecule has 2 aromatic rings. The molecule has 6 nitrogen and oxygen atoms in total. The van der Waals surface area contributed by atoms with Crippen molar-refractivity contribution in [1.29, 1.82) is 0 Å². The Balaban J connectivity index is 1.77. The lowest BCUT2D eigenvalue weighted by Crippen LogP contribution is -2.34. The van der Waals surface area contributed by atoms with Crippen LogP contribution in [0.2, 0.25) is 0 Å². The predicted octanol–water partition coefficient (Wildman–Crippen LogP) is 0.920. The number of carbonyl (C=O) groups is 1. The Kier molecular flexibility index (Phi) is 4.25. The summed E-state index contributed by atoms with van der Waals surface area (Å²) in [6, 6.07) is 9.06. The van der Waals surface area contributed by atoms with Crippen LogP contribution in [0.1, 0.15) is 34.1 Å². The third-order valence-electron chi connectivity index (χ3n) is 4.14. The molecule has 0 bridgehead atoms. The van der Waals surface area contributed by atoms with Crippen molar-refractivity contribution < 1.29 is 4.79 Å². The van der Waals surface area contributed by atoms with Crippen molar-refractivity contribution in [3.05, 3.63) is 63.1 Å². The summed E-state index contributed by atoms with van der Waals surface area (Å²) in [6.45, 7) is 4.81. The van der Waals surface area contributed by atoms with Crippen LogP contribution >= 0.6 is 0 Å². The molecule has 0 saturated heterocycles. The van der Waals surface area contributed by atoms with Gasteiger partial charge in [-0.2, -0.15) is 5.10 Å². The Hall–Kier alpha value is -2.47. The molecular formula is C17H20N4O2. The van der Waals surface area contributed by atoms with Gasteiger partial charge in [0.2, 0.25) is 5.91 Å². The average Bonchev–Trinajstić information content (AvgIpc) is 2.54. The van der Waals surface area contributed by atoms with E-state index in [0.29, 0.717) is 18.7 Å². The zero-order valence-corrected chi connectivity index (χ0v) is 13.2. The smallest absolute Gasteiger partial charge is 0.267 e. The van der Waals surface area contributed by atoms with Crippen molar-refractivity contribution >= 4 is 5.91 Å². The molecule has 0 spiro atoms. The third kappa shape index (κ3) is 3.32. The molecule has 0 unspecified atom stereocenters. The van der Waals surface area contributed by atoms with Gasteiger partial charge in [0.25, 0.3) is 5.56 Å². The van der Waals surface area contributed by atoms with E-state index in [2.05, 4.69) is 10.00 Å². The summed E-state index contributed by atoms with van der Waals surface area (Å²) in [5, 5.41) is 4.43. The molecule has 2 N–H and O–H groups in total. The zero-order valence-electron chi connectivity index (χ0n) is 13.2. The van der Waals surface area contributed by atoms with E-state index in [1.807, 2.05) is 25.1 Å². The van der Waals surface area contributed by atoms with E-state index < -0.39 is 5.91 Å². The number of aryl methyl sites for hydroxylation is 1. The van der Waals surface area contributed by atoms with E-state index >= 15 is 0 Å². The molecule has 0 radical (unpaired) electrons. The van der Waals surface area contributed by atoms with Gasteiger partial charge < -0.3 is 5.73 Å². The molecule has 120 valence electrons. The lowest BCUT2D eigenvalue weighted by Gasteiger charge is -2.28. The molecule has 3 rings (SSSR count). The highest BCUT2D eigenvalue weighted by Gasteiger charge is 2.19. The molecule has 1 amide bonds. The van der Waals surface area contributed by atoms with Crippen molar-refractivity contribution in [3.8, 4) is 0 Å². The Morgan fingerprint density at radius 3 is 2.91 bits per heavy atom. The minimum Gasteiger partial charge on any atom is -0.366 e. The van der Waals surface area contributed by atoms with Crippen LogP contribution in [-0.4, -0.2) is 27.1 Å². The molecule has 1 aliphatic rings. The van der Waals surface area contributed by atoms with Gasteiger partial charge in [-0.05, 0) is 30.2 Å². The first-order valence-corrected chi connectivity index (χ1v) is 7.78. The Morgan fingerprint density at radius 1 is 1.35 bits per heavy atom. The predicted molar refractivity (Wildman–Crippen MR) is 86.9 cm³/mol. The van der Waals surface area contributed by atoms with Crippen LogP contribution in [0.25, 0.3) is 0 Å². The highest BCUT2D eigenvalue weighted by Crippen LogP contribution is 2.18. The number of rotatable bonds is 4. The van der Waals surface area contributed by atoms with E-state index in [0.717, 1.165) is 36.3 Å². The summed E-state index contributed by atoms with van der Waals surface area (Å²) in [5.41, 5.74) is 8.84. The summed E-state index contributed by atoms with van der Waals surface area (Å²) < 4.78 is 1.50. The monoisotopic (exact) mass is 312 g/mol. The van der Waals surface area contributed by atoms with Gasteiger partial charge in [0.15, 0.2) is 0 Å². The highest BCUT2D eigenvalue weighted by atomic mass is 16.1. The maximum Gasteiger partial charge on any atom is 0.267 e. The molecule has 6 heteroatoms. The normalized spacial score (nSPS) is 14.5. The molecule has 1 aromatic heterocycles. The van der Waals surface area contributed by atoms with E-state index in [-0.39, 0.29) is 5.56 Å². The summed E-state index contributed by atoms with van der Waals surface area (Å²) >= 11 is 0. The fourth-order valence-corrected chi connectivity index (χ4v) is 2.94. The molecule has 0 aliphatic carbocycles. The molecule has 0 saturated carbocycles.